The lowest BCUT2D eigenvalue weighted by atomic mass is 10.2. The second kappa shape index (κ2) is 14.4. The first-order valence-corrected chi connectivity index (χ1v) is 9.26. The molecule has 0 unspecified atom stereocenters. The molecule has 150 valence electrons. The Bertz CT molecular complexity index is 647. The number of guanidine groups is 1. The number of benzene rings is 1. The third-order valence-corrected chi connectivity index (χ3v) is 4.00. The highest BCUT2D eigenvalue weighted by atomic mass is 127. The van der Waals surface area contributed by atoms with Crippen molar-refractivity contribution in [2.45, 2.75) is 39.3 Å². The molecule has 8 heteroatoms. The van der Waals surface area contributed by atoms with Crippen molar-refractivity contribution in [3.8, 4) is 0 Å². The summed E-state index contributed by atoms with van der Waals surface area (Å²) in [7, 11) is 1.79. The molecule has 0 saturated carbocycles. The van der Waals surface area contributed by atoms with Crippen molar-refractivity contribution in [3.63, 3.8) is 0 Å². The predicted molar refractivity (Wildman–Crippen MR) is 120 cm³/mol. The smallest absolute Gasteiger partial charge is 0.191 e. The van der Waals surface area contributed by atoms with Crippen LogP contribution in [0.25, 0.3) is 0 Å². The molecule has 0 bridgehead atoms. The zero-order valence-corrected chi connectivity index (χ0v) is 18.6. The number of nitrogens with one attached hydrogen (secondary N) is 2. The maximum absolute atomic E-state index is 5.69. The molecule has 0 fully saturated rings. The van der Waals surface area contributed by atoms with E-state index < -0.39 is 0 Å². The van der Waals surface area contributed by atoms with Crippen LogP contribution in [0.15, 0.2) is 41.7 Å². The molecular weight excluding hydrogens is 455 g/mol. The van der Waals surface area contributed by atoms with E-state index in [9.17, 15) is 0 Å². The zero-order chi connectivity index (χ0) is 18.5. The Labute approximate surface area is 179 Å². The number of aromatic nitrogens is 3. The molecule has 1 aromatic heterocycles. The average molecular weight is 486 g/mol. The van der Waals surface area contributed by atoms with E-state index in [-0.39, 0.29) is 24.0 Å². The summed E-state index contributed by atoms with van der Waals surface area (Å²) in [4.78, 5) is 4.25. The maximum Gasteiger partial charge on any atom is 0.191 e. The van der Waals surface area contributed by atoms with Gasteiger partial charge in [-0.1, -0.05) is 37.3 Å². The lowest BCUT2D eigenvalue weighted by Gasteiger charge is -2.12. The highest BCUT2D eigenvalue weighted by Gasteiger charge is 2.02. The van der Waals surface area contributed by atoms with Crippen LogP contribution in [0.1, 0.15) is 31.2 Å². The highest BCUT2D eigenvalue weighted by Crippen LogP contribution is 2.01. The molecule has 2 N–H and O–H groups in total. The van der Waals surface area contributed by atoms with E-state index in [2.05, 4.69) is 49.4 Å². The SMILES string of the molecule is CCc1nncn1CCNC(=NC)NCCCCOCc1ccccc1.I. The Morgan fingerprint density at radius 3 is 2.67 bits per heavy atom. The quantitative estimate of drug-likeness (QED) is 0.221. The highest BCUT2D eigenvalue weighted by molar-refractivity contribution is 14.0. The van der Waals surface area contributed by atoms with Gasteiger partial charge in [0.15, 0.2) is 5.96 Å². The second-order valence-electron chi connectivity index (χ2n) is 5.97. The summed E-state index contributed by atoms with van der Waals surface area (Å²) >= 11 is 0. The van der Waals surface area contributed by atoms with Gasteiger partial charge in [-0.05, 0) is 18.4 Å². The van der Waals surface area contributed by atoms with Gasteiger partial charge in [-0.2, -0.15) is 0 Å². The zero-order valence-electron chi connectivity index (χ0n) is 16.2. The Balaban J connectivity index is 0.00000364. The number of aliphatic imine (C=N–C) groups is 1. The van der Waals surface area contributed by atoms with Gasteiger partial charge in [0.2, 0.25) is 0 Å². The first-order valence-electron chi connectivity index (χ1n) is 9.26. The Hall–Kier alpha value is -1.68. The van der Waals surface area contributed by atoms with Crippen LogP contribution in [-0.2, 0) is 24.3 Å². The van der Waals surface area contributed by atoms with Crippen molar-refractivity contribution < 1.29 is 4.74 Å². The molecule has 0 aliphatic heterocycles. The molecule has 0 amide bonds. The molecule has 2 rings (SSSR count). The van der Waals surface area contributed by atoms with Crippen molar-refractivity contribution >= 4 is 29.9 Å². The maximum atomic E-state index is 5.69. The van der Waals surface area contributed by atoms with E-state index in [1.165, 1.54) is 5.56 Å². The summed E-state index contributed by atoms with van der Waals surface area (Å²) in [5, 5.41) is 14.7. The molecular formula is C19H31IN6O. The van der Waals surface area contributed by atoms with Crippen LogP contribution in [0.4, 0.5) is 0 Å². The van der Waals surface area contributed by atoms with Crippen LogP contribution in [0.2, 0.25) is 0 Å². The molecule has 2 aromatic rings. The Kier molecular flexibility index (Phi) is 12.4. The molecule has 7 nitrogen and oxygen atoms in total. The van der Waals surface area contributed by atoms with E-state index >= 15 is 0 Å². The van der Waals surface area contributed by atoms with Crippen molar-refractivity contribution in [3.05, 3.63) is 48.0 Å². The average Bonchev–Trinajstić information content (AvgIpc) is 3.14. The van der Waals surface area contributed by atoms with Crippen molar-refractivity contribution in [1.29, 1.82) is 0 Å². The van der Waals surface area contributed by atoms with Gasteiger partial charge in [0.05, 0.1) is 6.61 Å². The molecule has 0 aliphatic carbocycles. The van der Waals surface area contributed by atoms with Gasteiger partial charge in [0.25, 0.3) is 0 Å². The second-order valence-corrected chi connectivity index (χ2v) is 5.97. The number of unbranched alkanes of at least 4 members (excludes halogenated alkanes) is 1. The molecule has 0 saturated heterocycles. The van der Waals surface area contributed by atoms with E-state index in [1.807, 2.05) is 18.2 Å². The third-order valence-electron chi connectivity index (χ3n) is 4.00. The molecule has 1 heterocycles. The molecule has 0 radical (unpaired) electrons. The van der Waals surface area contributed by atoms with Crippen molar-refractivity contribution in [1.82, 2.24) is 25.4 Å². The fourth-order valence-corrected chi connectivity index (χ4v) is 2.56. The van der Waals surface area contributed by atoms with Crippen LogP contribution < -0.4 is 10.6 Å². The van der Waals surface area contributed by atoms with Crippen molar-refractivity contribution in [2.24, 2.45) is 4.99 Å². The van der Waals surface area contributed by atoms with Gasteiger partial charge in [0.1, 0.15) is 12.2 Å². The number of halogens is 1. The van der Waals surface area contributed by atoms with Crippen LogP contribution >= 0.6 is 24.0 Å². The molecule has 0 spiro atoms. The summed E-state index contributed by atoms with van der Waals surface area (Å²) in [6.45, 7) is 6.02. The fourth-order valence-electron chi connectivity index (χ4n) is 2.56. The summed E-state index contributed by atoms with van der Waals surface area (Å²) in [6.07, 6.45) is 4.73. The molecule has 0 aliphatic rings. The first kappa shape index (κ1) is 23.4. The van der Waals surface area contributed by atoms with Crippen LogP contribution in [0.3, 0.4) is 0 Å². The van der Waals surface area contributed by atoms with Crippen LogP contribution in [-0.4, -0.2) is 47.5 Å². The predicted octanol–water partition coefficient (Wildman–Crippen LogP) is 2.62. The minimum Gasteiger partial charge on any atom is -0.377 e. The molecule has 0 atom stereocenters. The van der Waals surface area contributed by atoms with Gasteiger partial charge in [-0.3, -0.25) is 4.99 Å². The minimum absolute atomic E-state index is 0. The monoisotopic (exact) mass is 486 g/mol. The summed E-state index contributed by atoms with van der Waals surface area (Å²) in [6, 6.07) is 10.3. The number of nitrogens with zero attached hydrogens (tertiary/aromatic N) is 4. The normalized spacial score (nSPS) is 11.1. The topological polar surface area (TPSA) is 76.4 Å². The number of hydrogen-bond acceptors (Lipinski definition) is 4. The van der Waals surface area contributed by atoms with Gasteiger partial charge >= 0.3 is 0 Å². The van der Waals surface area contributed by atoms with Gasteiger partial charge in [0, 0.05) is 39.7 Å². The lowest BCUT2D eigenvalue weighted by molar-refractivity contribution is 0.117. The first-order chi connectivity index (χ1) is 12.8. The van der Waals surface area contributed by atoms with E-state index in [1.54, 1.807) is 13.4 Å². The summed E-state index contributed by atoms with van der Waals surface area (Å²) in [5.41, 5.74) is 1.22. The molecule has 1 aromatic carbocycles. The lowest BCUT2D eigenvalue weighted by Crippen LogP contribution is -2.39. The summed E-state index contributed by atoms with van der Waals surface area (Å²) < 4.78 is 7.75. The molecule has 27 heavy (non-hydrogen) atoms. The Morgan fingerprint density at radius 1 is 1.15 bits per heavy atom. The largest absolute Gasteiger partial charge is 0.377 e. The van der Waals surface area contributed by atoms with Crippen molar-refractivity contribution in [2.75, 3.05) is 26.7 Å². The third kappa shape index (κ3) is 9.18. The van der Waals surface area contributed by atoms with Gasteiger partial charge < -0.3 is 19.9 Å². The number of ether oxygens (including phenoxy) is 1. The Morgan fingerprint density at radius 2 is 1.93 bits per heavy atom. The number of rotatable bonds is 11. The summed E-state index contributed by atoms with van der Waals surface area (Å²) in [5.74, 6) is 1.83. The fraction of sp³-hybridized carbons (Fsp3) is 0.526. The van der Waals surface area contributed by atoms with Crippen LogP contribution in [0, 0.1) is 0 Å². The standard InChI is InChI=1S/C19H30N6O.HI/c1-3-18-24-23-16-25(18)13-12-22-19(20-2)21-11-7-8-14-26-15-17-9-5-4-6-10-17;/h4-6,9-10,16H,3,7-8,11-15H2,1-2H3,(H2,20,21,22);1H. The number of aryl methyl sites for hydroxylation is 1. The van der Waals surface area contributed by atoms with Crippen LogP contribution in [0.5, 0.6) is 0 Å². The van der Waals surface area contributed by atoms with Gasteiger partial charge in [-0.15, -0.1) is 34.2 Å². The van der Waals surface area contributed by atoms with E-state index in [0.717, 1.165) is 57.3 Å². The van der Waals surface area contributed by atoms with E-state index in [4.69, 9.17) is 4.74 Å². The minimum atomic E-state index is 0. The van der Waals surface area contributed by atoms with E-state index in [0.29, 0.717) is 6.61 Å². The number of hydrogen-bond donors (Lipinski definition) is 2. The van der Waals surface area contributed by atoms with Gasteiger partial charge in [-0.25, -0.2) is 0 Å².